The van der Waals surface area contributed by atoms with E-state index in [-0.39, 0.29) is 5.91 Å². The third-order valence-electron chi connectivity index (χ3n) is 4.21. The van der Waals surface area contributed by atoms with E-state index in [9.17, 15) is 4.79 Å². The van der Waals surface area contributed by atoms with Crippen LogP contribution in [0.3, 0.4) is 0 Å². The molecule has 2 rings (SSSR count). The normalized spacial score (nSPS) is 11.2. The van der Waals surface area contributed by atoms with Crippen LogP contribution in [0.15, 0.2) is 60.9 Å². The molecule has 1 aromatic heterocycles. The summed E-state index contributed by atoms with van der Waals surface area (Å²) in [6, 6.07) is 13.8. The molecule has 0 N–H and O–H groups in total. The first-order valence-corrected chi connectivity index (χ1v) is 8.86. The summed E-state index contributed by atoms with van der Waals surface area (Å²) in [5, 5.41) is 0. The van der Waals surface area contributed by atoms with Crippen molar-refractivity contribution in [3.05, 3.63) is 72.1 Å². The Morgan fingerprint density at radius 1 is 1.04 bits per heavy atom. The van der Waals surface area contributed by atoms with Crippen LogP contribution in [0.4, 0.5) is 0 Å². The lowest BCUT2D eigenvalue weighted by Crippen LogP contribution is -2.37. The number of likely N-dealkylation sites (N-methyl/N-ethyl adjacent to an activating group) is 1. The molecule has 1 heterocycles. The molecular formula is C21H27N3O. The number of hydrogen-bond donors (Lipinski definition) is 0. The molecule has 1 aromatic carbocycles. The molecule has 0 atom stereocenters. The Bertz CT molecular complexity index is 651. The van der Waals surface area contributed by atoms with Gasteiger partial charge in [0.15, 0.2) is 0 Å². The zero-order chi connectivity index (χ0) is 17.9. The lowest BCUT2D eigenvalue weighted by molar-refractivity contribution is -0.126. The number of benzene rings is 1. The fraction of sp³-hybridized carbons (Fsp3) is 0.333. The van der Waals surface area contributed by atoms with Gasteiger partial charge in [-0.05, 0) is 36.4 Å². The predicted octanol–water partition coefficient (Wildman–Crippen LogP) is 3.47. The highest BCUT2D eigenvalue weighted by molar-refractivity contribution is 5.91. The summed E-state index contributed by atoms with van der Waals surface area (Å²) >= 11 is 0. The number of aromatic nitrogens is 1. The molecule has 4 heteroatoms. The Kier molecular flexibility index (Phi) is 7.86. The van der Waals surface area contributed by atoms with Gasteiger partial charge in [0, 0.05) is 38.1 Å². The summed E-state index contributed by atoms with van der Waals surface area (Å²) in [6.45, 7) is 8.43. The van der Waals surface area contributed by atoms with Gasteiger partial charge in [0.1, 0.15) is 0 Å². The molecule has 0 saturated carbocycles. The van der Waals surface area contributed by atoms with E-state index in [0.29, 0.717) is 13.1 Å². The van der Waals surface area contributed by atoms with E-state index in [4.69, 9.17) is 0 Å². The van der Waals surface area contributed by atoms with Crippen LogP contribution in [0.25, 0.3) is 6.08 Å². The summed E-state index contributed by atoms with van der Waals surface area (Å²) in [6.07, 6.45) is 7.10. The number of nitrogens with zero attached hydrogens (tertiary/aromatic N) is 3. The van der Waals surface area contributed by atoms with Crippen LogP contribution in [0.5, 0.6) is 0 Å². The van der Waals surface area contributed by atoms with E-state index >= 15 is 0 Å². The third kappa shape index (κ3) is 6.51. The van der Waals surface area contributed by atoms with Gasteiger partial charge in [-0.1, -0.05) is 50.2 Å². The van der Waals surface area contributed by atoms with Gasteiger partial charge in [0.05, 0.1) is 0 Å². The maximum atomic E-state index is 12.7. The fourth-order valence-electron chi connectivity index (χ4n) is 2.62. The van der Waals surface area contributed by atoms with E-state index in [1.54, 1.807) is 12.3 Å². The number of hydrogen-bond acceptors (Lipinski definition) is 3. The molecule has 0 radical (unpaired) electrons. The zero-order valence-electron chi connectivity index (χ0n) is 15.1. The smallest absolute Gasteiger partial charge is 0.246 e. The van der Waals surface area contributed by atoms with Gasteiger partial charge in [-0.15, -0.1) is 0 Å². The molecule has 0 aliphatic rings. The van der Waals surface area contributed by atoms with Gasteiger partial charge in [-0.2, -0.15) is 0 Å². The third-order valence-corrected chi connectivity index (χ3v) is 4.21. The topological polar surface area (TPSA) is 36.4 Å². The largest absolute Gasteiger partial charge is 0.333 e. The van der Waals surface area contributed by atoms with Crippen molar-refractivity contribution in [2.75, 3.05) is 26.2 Å². The van der Waals surface area contributed by atoms with Crippen molar-refractivity contribution >= 4 is 12.0 Å². The SMILES string of the molecule is CCN(CC)CCN(Cc1cccnc1)C(=O)/C=C/c1ccccc1. The minimum atomic E-state index is 0.0277. The van der Waals surface area contributed by atoms with Crippen molar-refractivity contribution in [2.45, 2.75) is 20.4 Å². The van der Waals surface area contributed by atoms with E-state index in [2.05, 4.69) is 23.7 Å². The average Bonchev–Trinajstić information content (AvgIpc) is 2.67. The minimum Gasteiger partial charge on any atom is -0.333 e. The molecule has 1 amide bonds. The van der Waals surface area contributed by atoms with Gasteiger partial charge in [-0.25, -0.2) is 0 Å². The first kappa shape index (κ1) is 18.9. The van der Waals surface area contributed by atoms with E-state index in [1.165, 1.54) is 0 Å². The van der Waals surface area contributed by atoms with Crippen molar-refractivity contribution in [2.24, 2.45) is 0 Å². The average molecular weight is 337 g/mol. The molecule has 2 aromatic rings. The Balaban J connectivity index is 2.06. The summed E-state index contributed by atoms with van der Waals surface area (Å²) in [5.41, 5.74) is 2.07. The Labute approximate surface area is 150 Å². The van der Waals surface area contributed by atoms with Crippen LogP contribution in [0, 0.1) is 0 Å². The number of carbonyl (C=O) groups excluding carboxylic acids is 1. The maximum Gasteiger partial charge on any atom is 0.246 e. The second-order valence-corrected chi connectivity index (χ2v) is 5.89. The highest BCUT2D eigenvalue weighted by Gasteiger charge is 2.13. The number of rotatable bonds is 9. The molecule has 0 aliphatic heterocycles. The van der Waals surface area contributed by atoms with Crippen LogP contribution < -0.4 is 0 Å². The van der Waals surface area contributed by atoms with Crippen molar-refractivity contribution in [3.63, 3.8) is 0 Å². The summed E-state index contributed by atoms with van der Waals surface area (Å²) in [7, 11) is 0. The lowest BCUT2D eigenvalue weighted by Gasteiger charge is -2.25. The molecule has 0 aliphatic carbocycles. The monoisotopic (exact) mass is 337 g/mol. The summed E-state index contributed by atoms with van der Waals surface area (Å²) < 4.78 is 0. The van der Waals surface area contributed by atoms with Crippen molar-refractivity contribution in [1.29, 1.82) is 0 Å². The molecule has 0 unspecified atom stereocenters. The van der Waals surface area contributed by atoms with Gasteiger partial charge >= 0.3 is 0 Å². The standard InChI is InChI=1S/C21H27N3O/c1-3-23(4-2)15-16-24(18-20-11-8-14-22-17-20)21(25)13-12-19-9-6-5-7-10-19/h5-14,17H,3-4,15-16,18H2,1-2H3/b13-12+. The van der Waals surface area contributed by atoms with Crippen molar-refractivity contribution in [3.8, 4) is 0 Å². The molecule has 0 spiro atoms. The van der Waals surface area contributed by atoms with Gasteiger partial charge in [-0.3, -0.25) is 9.78 Å². The Morgan fingerprint density at radius 2 is 1.80 bits per heavy atom. The van der Waals surface area contributed by atoms with Crippen LogP contribution in [0.2, 0.25) is 0 Å². The number of carbonyl (C=O) groups is 1. The molecule has 0 saturated heterocycles. The van der Waals surface area contributed by atoms with Gasteiger partial charge < -0.3 is 9.80 Å². The maximum absolute atomic E-state index is 12.7. The first-order valence-electron chi connectivity index (χ1n) is 8.86. The van der Waals surface area contributed by atoms with Crippen LogP contribution in [-0.4, -0.2) is 46.9 Å². The molecule has 0 bridgehead atoms. The number of amides is 1. The quantitative estimate of drug-likeness (QED) is 0.658. The van der Waals surface area contributed by atoms with Crippen LogP contribution in [-0.2, 0) is 11.3 Å². The van der Waals surface area contributed by atoms with Crippen LogP contribution >= 0.6 is 0 Å². The minimum absolute atomic E-state index is 0.0277. The lowest BCUT2D eigenvalue weighted by atomic mass is 10.2. The zero-order valence-corrected chi connectivity index (χ0v) is 15.1. The van der Waals surface area contributed by atoms with E-state index in [1.807, 2.05) is 59.6 Å². The first-order chi connectivity index (χ1) is 12.2. The van der Waals surface area contributed by atoms with Crippen molar-refractivity contribution in [1.82, 2.24) is 14.8 Å². The predicted molar refractivity (Wildman–Crippen MR) is 103 cm³/mol. The van der Waals surface area contributed by atoms with Crippen LogP contribution in [0.1, 0.15) is 25.0 Å². The van der Waals surface area contributed by atoms with Gasteiger partial charge in [0.2, 0.25) is 5.91 Å². The molecule has 25 heavy (non-hydrogen) atoms. The van der Waals surface area contributed by atoms with Gasteiger partial charge in [0.25, 0.3) is 0 Å². The van der Waals surface area contributed by atoms with Crippen molar-refractivity contribution < 1.29 is 4.79 Å². The number of pyridine rings is 1. The molecule has 132 valence electrons. The Hall–Kier alpha value is -2.46. The summed E-state index contributed by atoms with van der Waals surface area (Å²) in [4.78, 5) is 21.1. The highest BCUT2D eigenvalue weighted by Crippen LogP contribution is 2.07. The molecular weight excluding hydrogens is 310 g/mol. The Morgan fingerprint density at radius 3 is 2.44 bits per heavy atom. The summed E-state index contributed by atoms with van der Waals surface area (Å²) in [5.74, 6) is 0.0277. The highest BCUT2D eigenvalue weighted by atomic mass is 16.2. The molecule has 0 fully saturated rings. The second-order valence-electron chi connectivity index (χ2n) is 5.89. The molecule has 4 nitrogen and oxygen atoms in total. The second kappa shape index (κ2) is 10.4. The van der Waals surface area contributed by atoms with E-state index < -0.39 is 0 Å². The van der Waals surface area contributed by atoms with E-state index in [0.717, 1.165) is 30.8 Å². The fourth-order valence-corrected chi connectivity index (χ4v) is 2.62.